The monoisotopic (exact) mass is 393 g/mol. The molecule has 2 N–H and O–H groups in total. The van der Waals surface area contributed by atoms with Crippen molar-refractivity contribution in [3.8, 4) is 5.75 Å². The van der Waals surface area contributed by atoms with Crippen molar-refractivity contribution in [2.24, 2.45) is 4.99 Å². The first kappa shape index (κ1) is 22.5. The van der Waals surface area contributed by atoms with E-state index in [2.05, 4.69) is 21.7 Å². The zero-order valence-corrected chi connectivity index (χ0v) is 17.2. The summed E-state index contributed by atoms with van der Waals surface area (Å²) in [5.41, 5.74) is 1.15. The molecule has 0 amide bonds. The highest BCUT2D eigenvalue weighted by Crippen LogP contribution is 2.13. The maximum atomic E-state index is 5.74. The quantitative estimate of drug-likeness (QED) is 0.304. The van der Waals surface area contributed by atoms with Gasteiger partial charge in [-0.05, 0) is 37.0 Å². The number of benzene rings is 1. The fourth-order valence-corrected chi connectivity index (χ4v) is 2.92. The molecule has 2 rings (SSSR count). The molecule has 1 atom stereocenters. The Morgan fingerprint density at radius 2 is 2.14 bits per heavy atom. The van der Waals surface area contributed by atoms with Crippen molar-refractivity contribution < 1.29 is 18.9 Å². The topological polar surface area (TPSA) is 73.3 Å². The van der Waals surface area contributed by atoms with Crippen molar-refractivity contribution in [3.05, 3.63) is 29.8 Å². The standard InChI is InChI=1S/C21H35N3O4/c1-22-21(23-10-5-12-26-17-20-9-4-13-28-20)24-16-18-7-3-8-19(15-18)27-14-6-11-25-2/h3,7-8,15,20H,4-6,9-14,16-17H2,1-2H3,(H2,22,23,24). The minimum atomic E-state index is 0.294. The van der Waals surface area contributed by atoms with Crippen LogP contribution in [0.2, 0.25) is 0 Å². The van der Waals surface area contributed by atoms with Gasteiger partial charge in [-0.3, -0.25) is 4.99 Å². The molecule has 0 saturated carbocycles. The lowest BCUT2D eigenvalue weighted by Crippen LogP contribution is -2.37. The SMILES string of the molecule is CN=C(NCCCOCC1CCCO1)NCc1cccc(OCCCOC)c1. The lowest BCUT2D eigenvalue weighted by Gasteiger charge is -2.13. The van der Waals surface area contributed by atoms with Crippen molar-refractivity contribution in [2.45, 2.75) is 38.3 Å². The molecule has 1 aromatic rings. The number of methoxy groups -OCH3 is 1. The van der Waals surface area contributed by atoms with Crippen LogP contribution >= 0.6 is 0 Å². The summed E-state index contributed by atoms with van der Waals surface area (Å²) in [7, 11) is 3.48. The zero-order valence-electron chi connectivity index (χ0n) is 17.2. The summed E-state index contributed by atoms with van der Waals surface area (Å²) in [5.74, 6) is 1.66. The number of hydrogen-bond acceptors (Lipinski definition) is 5. The smallest absolute Gasteiger partial charge is 0.191 e. The molecule has 7 nitrogen and oxygen atoms in total. The molecule has 28 heavy (non-hydrogen) atoms. The summed E-state index contributed by atoms with van der Waals surface area (Å²) in [6.45, 7) is 5.17. The summed E-state index contributed by atoms with van der Waals surface area (Å²) in [6.07, 6.45) is 4.38. The number of nitrogens with one attached hydrogen (secondary N) is 2. The summed E-state index contributed by atoms with van der Waals surface area (Å²) >= 11 is 0. The van der Waals surface area contributed by atoms with Crippen LogP contribution in [0.25, 0.3) is 0 Å². The zero-order chi connectivity index (χ0) is 19.9. The highest BCUT2D eigenvalue weighted by atomic mass is 16.5. The first-order valence-electron chi connectivity index (χ1n) is 10.2. The maximum absolute atomic E-state index is 5.74. The number of ether oxygens (including phenoxy) is 4. The Hall–Kier alpha value is -1.83. The molecule has 1 heterocycles. The third kappa shape index (κ3) is 9.39. The molecule has 158 valence electrons. The molecule has 0 aliphatic carbocycles. The molecule has 1 saturated heterocycles. The normalized spacial score (nSPS) is 16.9. The van der Waals surface area contributed by atoms with Crippen LogP contribution in [-0.2, 0) is 20.8 Å². The Morgan fingerprint density at radius 3 is 2.93 bits per heavy atom. The van der Waals surface area contributed by atoms with E-state index >= 15 is 0 Å². The van der Waals surface area contributed by atoms with E-state index in [1.54, 1.807) is 14.2 Å². The fraction of sp³-hybridized carbons (Fsp3) is 0.667. The Balaban J connectivity index is 1.58. The molecule has 0 aromatic heterocycles. The van der Waals surface area contributed by atoms with Gasteiger partial charge in [-0.2, -0.15) is 0 Å². The number of rotatable bonds is 13. The second-order valence-electron chi connectivity index (χ2n) is 6.76. The maximum Gasteiger partial charge on any atom is 0.191 e. The van der Waals surface area contributed by atoms with Crippen LogP contribution in [0.3, 0.4) is 0 Å². The molecular formula is C21H35N3O4. The van der Waals surface area contributed by atoms with Gasteiger partial charge in [-0.25, -0.2) is 0 Å². The van der Waals surface area contributed by atoms with Crippen molar-refractivity contribution in [1.29, 1.82) is 0 Å². The van der Waals surface area contributed by atoms with Crippen LogP contribution < -0.4 is 15.4 Å². The van der Waals surface area contributed by atoms with Gasteiger partial charge in [-0.1, -0.05) is 12.1 Å². The van der Waals surface area contributed by atoms with Gasteiger partial charge in [0.1, 0.15) is 5.75 Å². The molecule has 1 fully saturated rings. The Morgan fingerprint density at radius 1 is 1.21 bits per heavy atom. The van der Waals surface area contributed by atoms with Gasteiger partial charge in [-0.15, -0.1) is 0 Å². The average Bonchev–Trinajstić information content (AvgIpc) is 3.24. The van der Waals surface area contributed by atoms with E-state index in [0.717, 1.165) is 62.7 Å². The number of nitrogens with zero attached hydrogens (tertiary/aromatic N) is 1. The Kier molecular flexibility index (Phi) is 11.4. The van der Waals surface area contributed by atoms with Crippen LogP contribution in [0.5, 0.6) is 5.75 Å². The van der Waals surface area contributed by atoms with Crippen LogP contribution in [0, 0.1) is 0 Å². The number of guanidine groups is 1. The van der Waals surface area contributed by atoms with Gasteiger partial charge in [0.05, 0.1) is 19.3 Å². The first-order chi connectivity index (χ1) is 13.8. The van der Waals surface area contributed by atoms with Crippen LogP contribution in [0.1, 0.15) is 31.2 Å². The third-order valence-corrected chi connectivity index (χ3v) is 4.43. The molecule has 1 aromatic carbocycles. The van der Waals surface area contributed by atoms with Gasteiger partial charge >= 0.3 is 0 Å². The van der Waals surface area contributed by atoms with E-state index in [1.807, 2.05) is 18.2 Å². The molecule has 0 bridgehead atoms. The van der Waals surface area contributed by atoms with E-state index in [-0.39, 0.29) is 0 Å². The lowest BCUT2D eigenvalue weighted by molar-refractivity contribution is 0.0168. The summed E-state index contributed by atoms with van der Waals surface area (Å²) in [6, 6.07) is 8.09. The summed E-state index contributed by atoms with van der Waals surface area (Å²) in [5, 5.41) is 6.64. The molecule has 1 aliphatic heterocycles. The predicted molar refractivity (Wildman–Crippen MR) is 111 cm³/mol. The van der Waals surface area contributed by atoms with E-state index in [4.69, 9.17) is 18.9 Å². The van der Waals surface area contributed by atoms with Crippen LogP contribution in [0.4, 0.5) is 0 Å². The first-order valence-corrected chi connectivity index (χ1v) is 10.2. The average molecular weight is 394 g/mol. The molecule has 0 radical (unpaired) electrons. The van der Waals surface area contributed by atoms with E-state index < -0.39 is 0 Å². The minimum Gasteiger partial charge on any atom is -0.493 e. The minimum absolute atomic E-state index is 0.294. The highest BCUT2D eigenvalue weighted by Gasteiger charge is 2.14. The second-order valence-corrected chi connectivity index (χ2v) is 6.76. The Labute approximate surface area is 168 Å². The largest absolute Gasteiger partial charge is 0.493 e. The van der Waals surface area contributed by atoms with E-state index in [1.165, 1.54) is 0 Å². The second kappa shape index (κ2) is 14.2. The lowest BCUT2D eigenvalue weighted by atomic mass is 10.2. The predicted octanol–water partition coefficient (Wildman–Crippen LogP) is 2.35. The van der Waals surface area contributed by atoms with E-state index in [0.29, 0.717) is 32.5 Å². The third-order valence-electron chi connectivity index (χ3n) is 4.43. The van der Waals surface area contributed by atoms with E-state index in [9.17, 15) is 0 Å². The molecule has 1 aliphatic rings. The summed E-state index contributed by atoms with van der Waals surface area (Å²) < 4.78 is 22.0. The van der Waals surface area contributed by atoms with Crippen molar-refractivity contribution in [2.75, 3.05) is 53.7 Å². The van der Waals surface area contributed by atoms with Gasteiger partial charge < -0.3 is 29.6 Å². The van der Waals surface area contributed by atoms with Crippen molar-refractivity contribution in [1.82, 2.24) is 10.6 Å². The number of aliphatic imine (C=N–C) groups is 1. The van der Waals surface area contributed by atoms with Gasteiger partial charge in [0, 0.05) is 53.5 Å². The van der Waals surface area contributed by atoms with Gasteiger partial charge in [0.15, 0.2) is 5.96 Å². The highest BCUT2D eigenvalue weighted by molar-refractivity contribution is 5.79. The summed E-state index contributed by atoms with van der Waals surface area (Å²) in [4.78, 5) is 4.26. The number of hydrogen-bond donors (Lipinski definition) is 2. The van der Waals surface area contributed by atoms with Crippen LogP contribution in [0.15, 0.2) is 29.3 Å². The van der Waals surface area contributed by atoms with Crippen LogP contribution in [-0.4, -0.2) is 65.8 Å². The molecular weight excluding hydrogens is 358 g/mol. The van der Waals surface area contributed by atoms with Crippen molar-refractivity contribution >= 4 is 5.96 Å². The fourth-order valence-electron chi connectivity index (χ4n) is 2.92. The molecule has 0 spiro atoms. The van der Waals surface area contributed by atoms with Gasteiger partial charge in [0.2, 0.25) is 0 Å². The Bertz CT molecular complexity index is 562. The van der Waals surface area contributed by atoms with Gasteiger partial charge in [0.25, 0.3) is 0 Å². The van der Waals surface area contributed by atoms with Crippen molar-refractivity contribution in [3.63, 3.8) is 0 Å². The molecule has 1 unspecified atom stereocenters. The molecule has 7 heteroatoms.